The van der Waals surface area contributed by atoms with E-state index in [1.807, 2.05) is 6.07 Å². The number of ketones is 1. The van der Waals surface area contributed by atoms with Crippen LogP contribution in [0.2, 0.25) is 0 Å². The van der Waals surface area contributed by atoms with E-state index in [1.165, 1.54) is 0 Å². The molecule has 0 spiro atoms. The minimum Gasteiger partial charge on any atom is -0.298 e. The third-order valence-electron chi connectivity index (χ3n) is 4.90. The number of sulfone groups is 1. The first-order valence-electron chi connectivity index (χ1n) is 9.49. The first kappa shape index (κ1) is 24.3. The molecular formula is C20H24F4N2O3S. The van der Waals surface area contributed by atoms with Crippen LogP contribution >= 0.6 is 0 Å². The van der Waals surface area contributed by atoms with Crippen LogP contribution in [0.15, 0.2) is 24.3 Å². The van der Waals surface area contributed by atoms with Crippen LogP contribution in [0, 0.1) is 28.5 Å². The van der Waals surface area contributed by atoms with E-state index in [-0.39, 0.29) is 23.7 Å². The highest BCUT2D eigenvalue weighted by Gasteiger charge is 2.48. The van der Waals surface area contributed by atoms with Crippen molar-refractivity contribution in [3.05, 3.63) is 35.6 Å². The van der Waals surface area contributed by atoms with Crippen molar-refractivity contribution >= 4 is 15.6 Å². The van der Waals surface area contributed by atoms with Crippen molar-refractivity contribution in [3.63, 3.8) is 0 Å². The molecule has 1 fully saturated rings. The number of nitriles is 1. The van der Waals surface area contributed by atoms with Gasteiger partial charge in [-0.05, 0) is 36.5 Å². The largest absolute Gasteiger partial charge is 0.407 e. The normalized spacial score (nSPS) is 17.9. The van der Waals surface area contributed by atoms with Gasteiger partial charge in [-0.2, -0.15) is 18.4 Å². The molecule has 0 amide bonds. The minimum atomic E-state index is -4.86. The zero-order chi connectivity index (χ0) is 22.7. The Bertz CT molecular complexity index is 901. The molecule has 2 atom stereocenters. The molecule has 1 aromatic carbocycles. The molecule has 0 aliphatic heterocycles. The van der Waals surface area contributed by atoms with Gasteiger partial charge >= 0.3 is 6.18 Å². The van der Waals surface area contributed by atoms with Crippen LogP contribution in [0.5, 0.6) is 0 Å². The van der Waals surface area contributed by atoms with Crippen LogP contribution in [0.4, 0.5) is 17.6 Å². The number of nitrogens with one attached hydrogen (secondary N) is 1. The topological polar surface area (TPSA) is 87.0 Å². The molecule has 10 heteroatoms. The fraction of sp³-hybridized carbons (Fsp3) is 0.600. The SMILES string of the molecule is CC(C)CS(=O)(=O)C[C@H](N[C@@H](c1ccc(F)cc1)C(F)(F)F)C(=O)CC1(C#N)CC1. The highest BCUT2D eigenvalue weighted by molar-refractivity contribution is 7.91. The molecule has 0 saturated heterocycles. The quantitative estimate of drug-likeness (QED) is 0.552. The number of hydrogen-bond donors (Lipinski definition) is 1. The molecule has 0 unspecified atom stereocenters. The smallest absolute Gasteiger partial charge is 0.298 e. The second-order valence-corrected chi connectivity index (χ2v) is 10.4. The molecule has 1 aromatic rings. The van der Waals surface area contributed by atoms with E-state index in [4.69, 9.17) is 0 Å². The maximum atomic E-state index is 13.7. The van der Waals surface area contributed by atoms with E-state index in [2.05, 4.69) is 5.32 Å². The lowest BCUT2D eigenvalue weighted by Crippen LogP contribution is -2.49. The van der Waals surface area contributed by atoms with Crippen LogP contribution in [-0.2, 0) is 14.6 Å². The molecule has 1 aliphatic carbocycles. The zero-order valence-corrected chi connectivity index (χ0v) is 17.5. The van der Waals surface area contributed by atoms with Gasteiger partial charge in [0.15, 0.2) is 15.6 Å². The number of alkyl halides is 3. The summed E-state index contributed by atoms with van der Waals surface area (Å²) in [6, 6.07) is 1.57. The molecule has 30 heavy (non-hydrogen) atoms. The van der Waals surface area contributed by atoms with E-state index in [0.717, 1.165) is 24.3 Å². The zero-order valence-electron chi connectivity index (χ0n) is 16.7. The summed E-state index contributed by atoms with van der Waals surface area (Å²) in [5, 5.41) is 11.3. The number of benzene rings is 1. The van der Waals surface area contributed by atoms with E-state index < -0.39 is 50.9 Å². The summed E-state index contributed by atoms with van der Waals surface area (Å²) in [6.45, 7) is 3.29. The summed E-state index contributed by atoms with van der Waals surface area (Å²) in [7, 11) is -3.84. The van der Waals surface area contributed by atoms with Gasteiger partial charge in [-0.25, -0.2) is 12.8 Å². The molecule has 1 N–H and O–H groups in total. The number of carbonyl (C=O) groups is 1. The lowest BCUT2D eigenvalue weighted by atomic mass is 9.96. The van der Waals surface area contributed by atoms with Crippen molar-refractivity contribution in [1.82, 2.24) is 5.32 Å². The fourth-order valence-corrected chi connectivity index (χ4v) is 5.18. The maximum Gasteiger partial charge on any atom is 0.407 e. The van der Waals surface area contributed by atoms with Gasteiger partial charge in [0.05, 0.1) is 29.0 Å². The van der Waals surface area contributed by atoms with Gasteiger partial charge in [0.2, 0.25) is 0 Å². The number of halogens is 4. The van der Waals surface area contributed by atoms with Gasteiger partial charge in [-0.1, -0.05) is 26.0 Å². The second-order valence-electron chi connectivity index (χ2n) is 8.25. The highest BCUT2D eigenvalue weighted by Crippen LogP contribution is 2.48. The minimum absolute atomic E-state index is 0.268. The molecule has 1 saturated carbocycles. The monoisotopic (exact) mass is 448 g/mol. The first-order valence-corrected chi connectivity index (χ1v) is 11.3. The van der Waals surface area contributed by atoms with E-state index >= 15 is 0 Å². The average Bonchev–Trinajstić information content (AvgIpc) is 3.37. The highest BCUT2D eigenvalue weighted by atomic mass is 32.2. The standard InChI is InChI=1S/C20H24F4N2O3S/c1-13(2)10-30(28,29)11-16(17(27)9-19(12-25)7-8-19)26-18(20(22,23)24)14-3-5-15(21)6-4-14/h3-6,13,16,18,26H,7-11H2,1-2H3/t16-,18-/m0/s1. The Kier molecular flexibility index (Phi) is 7.30. The number of rotatable bonds is 10. The Morgan fingerprint density at radius 2 is 1.77 bits per heavy atom. The molecular weight excluding hydrogens is 424 g/mol. The van der Waals surface area contributed by atoms with Gasteiger partial charge in [0, 0.05) is 6.42 Å². The average molecular weight is 448 g/mol. The Labute approximate surface area is 173 Å². The van der Waals surface area contributed by atoms with Crippen LogP contribution in [0.3, 0.4) is 0 Å². The van der Waals surface area contributed by atoms with Gasteiger partial charge in [0.1, 0.15) is 11.9 Å². The molecule has 0 bridgehead atoms. The predicted octanol–water partition coefficient (Wildman–Crippen LogP) is 3.72. The Morgan fingerprint density at radius 1 is 1.20 bits per heavy atom. The molecule has 1 aliphatic rings. The number of nitrogens with zero attached hydrogens (tertiary/aromatic N) is 1. The second kappa shape index (κ2) is 9.02. The van der Waals surface area contributed by atoms with Crippen molar-refractivity contribution in [1.29, 1.82) is 5.26 Å². The molecule has 166 valence electrons. The Balaban J connectivity index is 2.34. The third-order valence-corrected chi connectivity index (χ3v) is 6.91. The summed E-state index contributed by atoms with van der Waals surface area (Å²) in [6.07, 6.45) is -4.28. The van der Waals surface area contributed by atoms with Gasteiger partial charge in [0.25, 0.3) is 0 Å². The van der Waals surface area contributed by atoms with Gasteiger partial charge < -0.3 is 0 Å². The van der Waals surface area contributed by atoms with E-state index in [9.17, 15) is 36.0 Å². The summed E-state index contributed by atoms with van der Waals surface area (Å²) in [4.78, 5) is 12.8. The van der Waals surface area contributed by atoms with Gasteiger partial charge in [-0.15, -0.1) is 0 Å². The molecule has 5 nitrogen and oxygen atoms in total. The lowest BCUT2D eigenvalue weighted by Gasteiger charge is -2.28. The number of carbonyl (C=O) groups excluding carboxylic acids is 1. The number of hydrogen-bond acceptors (Lipinski definition) is 5. The van der Waals surface area contributed by atoms with Crippen molar-refractivity contribution in [2.45, 2.75) is 51.4 Å². The Hall–Kier alpha value is -1.99. The molecule has 2 rings (SSSR count). The van der Waals surface area contributed by atoms with Crippen molar-refractivity contribution in [2.75, 3.05) is 11.5 Å². The summed E-state index contributed by atoms with van der Waals surface area (Å²) in [5.74, 6) is -2.83. The molecule has 0 heterocycles. The summed E-state index contributed by atoms with van der Waals surface area (Å²) >= 11 is 0. The Morgan fingerprint density at radius 3 is 2.20 bits per heavy atom. The van der Waals surface area contributed by atoms with Crippen molar-refractivity contribution in [2.24, 2.45) is 11.3 Å². The van der Waals surface area contributed by atoms with Crippen molar-refractivity contribution < 1.29 is 30.8 Å². The van der Waals surface area contributed by atoms with Crippen LogP contribution in [-0.4, -0.2) is 37.9 Å². The van der Waals surface area contributed by atoms with E-state index in [0.29, 0.717) is 12.8 Å². The van der Waals surface area contributed by atoms with Crippen LogP contribution in [0.25, 0.3) is 0 Å². The number of Topliss-reactive ketones (excluding diaryl/α,β-unsaturated/α-hetero) is 1. The predicted molar refractivity (Wildman–Crippen MR) is 103 cm³/mol. The first-order chi connectivity index (χ1) is 13.8. The van der Waals surface area contributed by atoms with Crippen LogP contribution < -0.4 is 5.32 Å². The van der Waals surface area contributed by atoms with Gasteiger partial charge in [-0.3, -0.25) is 10.1 Å². The fourth-order valence-electron chi connectivity index (χ4n) is 3.24. The summed E-state index contributed by atoms with van der Waals surface area (Å²) in [5.41, 5.74) is -1.27. The molecule has 0 aromatic heterocycles. The lowest BCUT2D eigenvalue weighted by molar-refractivity contribution is -0.160. The van der Waals surface area contributed by atoms with Crippen molar-refractivity contribution in [3.8, 4) is 6.07 Å². The maximum absolute atomic E-state index is 13.7. The third kappa shape index (κ3) is 6.77. The van der Waals surface area contributed by atoms with E-state index in [1.54, 1.807) is 13.8 Å². The summed E-state index contributed by atoms with van der Waals surface area (Å²) < 4.78 is 79.2. The van der Waals surface area contributed by atoms with Crippen LogP contribution in [0.1, 0.15) is 44.7 Å². The molecule has 0 radical (unpaired) electrons.